The Hall–Kier alpha value is -2.21. The van der Waals surface area contributed by atoms with Gasteiger partial charge in [0.05, 0.1) is 18.2 Å². The lowest BCUT2D eigenvalue weighted by molar-refractivity contribution is 0.686. The molecule has 0 saturated heterocycles. The Balaban J connectivity index is 1.98. The average molecular weight is 249 g/mol. The second-order valence-electron chi connectivity index (χ2n) is 4.88. The Bertz CT molecular complexity index is 641. The van der Waals surface area contributed by atoms with Crippen molar-refractivity contribution in [3.05, 3.63) is 47.4 Å². The van der Waals surface area contributed by atoms with Crippen molar-refractivity contribution in [2.24, 2.45) is 0 Å². The van der Waals surface area contributed by atoms with Gasteiger partial charge < -0.3 is 0 Å². The molecule has 0 fully saturated rings. The first-order chi connectivity index (χ1) is 9.36. The zero-order valence-corrected chi connectivity index (χ0v) is 10.8. The lowest BCUT2D eigenvalue weighted by Gasteiger charge is -2.16. The summed E-state index contributed by atoms with van der Waals surface area (Å²) >= 11 is 0. The Morgan fingerprint density at radius 2 is 1.95 bits per heavy atom. The summed E-state index contributed by atoms with van der Waals surface area (Å²) in [6.45, 7) is 0. The number of rotatable bonds is 2. The van der Waals surface area contributed by atoms with Crippen LogP contribution in [0.15, 0.2) is 30.5 Å². The first-order valence-electron chi connectivity index (χ1n) is 6.68. The molecule has 1 aliphatic rings. The molecule has 3 nitrogen and oxygen atoms in total. The van der Waals surface area contributed by atoms with Crippen LogP contribution in [0.3, 0.4) is 0 Å². The van der Waals surface area contributed by atoms with Gasteiger partial charge in [-0.2, -0.15) is 5.26 Å². The minimum absolute atomic E-state index is 0.263. The van der Waals surface area contributed by atoms with Crippen molar-refractivity contribution in [2.45, 2.75) is 32.1 Å². The van der Waals surface area contributed by atoms with E-state index >= 15 is 0 Å². The maximum Gasteiger partial charge on any atom is 0.142 e. The molecule has 3 rings (SSSR count). The highest BCUT2D eigenvalue weighted by molar-refractivity contribution is 5.61. The first-order valence-corrected chi connectivity index (χ1v) is 6.68. The fourth-order valence-electron chi connectivity index (χ4n) is 2.61. The van der Waals surface area contributed by atoms with Gasteiger partial charge in [-0.15, -0.1) is 0 Å². The molecular formula is C16H15N3. The van der Waals surface area contributed by atoms with Gasteiger partial charge in [0, 0.05) is 11.8 Å². The van der Waals surface area contributed by atoms with Crippen LogP contribution in [-0.4, -0.2) is 9.97 Å². The standard InChI is InChI=1S/C16H15N3/c17-9-7-16-18-10-8-15(19-16)14-6-5-12-3-1-2-4-13(12)11-14/h5-6,8,10-11H,1-4,7H2. The average Bonchev–Trinajstić information content (AvgIpc) is 2.47. The topological polar surface area (TPSA) is 49.6 Å². The molecule has 19 heavy (non-hydrogen) atoms. The van der Waals surface area contributed by atoms with Gasteiger partial charge in [0.2, 0.25) is 0 Å². The fourth-order valence-corrected chi connectivity index (χ4v) is 2.61. The van der Waals surface area contributed by atoms with Crippen LogP contribution < -0.4 is 0 Å². The third kappa shape index (κ3) is 2.48. The third-order valence-electron chi connectivity index (χ3n) is 3.59. The van der Waals surface area contributed by atoms with E-state index in [1.54, 1.807) is 6.20 Å². The van der Waals surface area contributed by atoms with E-state index in [0.29, 0.717) is 5.82 Å². The molecule has 0 radical (unpaired) electrons. The number of aryl methyl sites for hydroxylation is 2. The fraction of sp³-hybridized carbons (Fsp3) is 0.312. The van der Waals surface area contributed by atoms with Gasteiger partial charge in [-0.1, -0.05) is 12.1 Å². The van der Waals surface area contributed by atoms with Crippen LogP contribution in [0.4, 0.5) is 0 Å². The van der Waals surface area contributed by atoms with E-state index in [9.17, 15) is 0 Å². The number of aromatic nitrogens is 2. The number of hydrogen-bond acceptors (Lipinski definition) is 3. The molecule has 0 bridgehead atoms. The smallest absolute Gasteiger partial charge is 0.142 e. The number of fused-ring (bicyclic) bond motifs is 1. The van der Waals surface area contributed by atoms with Gasteiger partial charge in [-0.05, 0) is 48.9 Å². The first kappa shape index (κ1) is 11.9. The zero-order chi connectivity index (χ0) is 13.1. The lowest BCUT2D eigenvalue weighted by atomic mass is 9.90. The molecule has 2 aromatic rings. The normalized spacial score (nSPS) is 13.6. The van der Waals surface area contributed by atoms with E-state index in [4.69, 9.17) is 5.26 Å². The van der Waals surface area contributed by atoms with Crippen molar-refractivity contribution >= 4 is 0 Å². The SMILES string of the molecule is N#CCc1nccc(-c2ccc3c(c2)CCCC3)n1. The largest absolute Gasteiger partial charge is 0.240 e. The molecular weight excluding hydrogens is 234 g/mol. The van der Waals surface area contributed by atoms with Crippen LogP contribution in [0.25, 0.3) is 11.3 Å². The molecule has 3 heteroatoms. The molecule has 0 amide bonds. The van der Waals surface area contributed by atoms with Crippen LogP contribution in [0, 0.1) is 11.3 Å². The van der Waals surface area contributed by atoms with Crippen LogP contribution in [0.1, 0.15) is 29.8 Å². The highest BCUT2D eigenvalue weighted by atomic mass is 14.9. The zero-order valence-electron chi connectivity index (χ0n) is 10.8. The van der Waals surface area contributed by atoms with Crippen LogP contribution in [0.2, 0.25) is 0 Å². The number of nitriles is 1. The molecule has 0 N–H and O–H groups in total. The summed E-state index contributed by atoms with van der Waals surface area (Å²) in [5.74, 6) is 0.595. The van der Waals surface area contributed by atoms with E-state index in [1.807, 2.05) is 6.07 Å². The predicted octanol–water partition coefficient (Wildman–Crippen LogP) is 3.09. The predicted molar refractivity (Wildman–Crippen MR) is 73.4 cm³/mol. The maximum atomic E-state index is 8.71. The van der Waals surface area contributed by atoms with Gasteiger partial charge in [-0.3, -0.25) is 0 Å². The number of hydrogen-bond donors (Lipinski definition) is 0. The van der Waals surface area contributed by atoms with Crippen molar-refractivity contribution < 1.29 is 0 Å². The van der Waals surface area contributed by atoms with Crippen molar-refractivity contribution in [3.8, 4) is 17.3 Å². The van der Waals surface area contributed by atoms with Crippen LogP contribution in [0.5, 0.6) is 0 Å². The summed E-state index contributed by atoms with van der Waals surface area (Å²) < 4.78 is 0. The van der Waals surface area contributed by atoms with E-state index in [1.165, 1.54) is 36.8 Å². The summed E-state index contributed by atoms with van der Waals surface area (Å²) in [7, 11) is 0. The van der Waals surface area contributed by atoms with Gasteiger partial charge in [-0.25, -0.2) is 9.97 Å². The van der Waals surface area contributed by atoms with E-state index in [-0.39, 0.29) is 6.42 Å². The van der Waals surface area contributed by atoms with Crippen molar-refractivity contribution in [3.63, 3.8) is 0 Å². The van der Waals surface area contributed by atoms with Crippen LogP contribution in [-0.2, 0) is 19.3 Å². The summed E-state index contributed by atoms with van der Waals surface area (Å²) in [4.78, 5) is 8.56. The third-order valence-corrected chi connectivity index (χ3v) is 3.59. The number of nitrogens with zero attached hydrogens (tertiary/aromatic N) is 3. The monoisotopic (exact) mass is 249 g/mol. The minimum atomic E-state index is 0.263. The second-order valence-corrected chi connectivity index (χ2v) is 4.88. The molecule has 94 valence electrons. The molecule has 0 aliphatic heterocycles. The quantitative estimate of drug-likeness (QED) is 0.821. The van der Waals surface area contributed by atoms with Gasteiger partial charge >= 0.3 is 0 Å². The second kappa shape index (κ2) is 5.19. The summed E-state index contributed by atoms with van der Waals surface area (Å²) in [5.41, 5.74) is 4.96. The molecule has 1 aliphatic carbocycles. The van der Waals surface area contributed by atoms with Crippen molar-refractivity contribution in [1.82, 2.24) is 9.97 Å². The van der Waals surface area contributed by atoms with E-state index in [0.717, 1.165) is 11.3 Å². The summed E-state index contributed by atoms with van der Waals surface area (Å²) in [6, 6.07) is 10.6. The summed E-state index contributed by atoms with van der Waals surface area (Å²) in [5, 5.41) is 8.71. The van der Waals surface area contributed by atoms with Crippen molar-refractivity contribution in [1.29, 1.82) is 5.26 Å². The Morgan fingerprint density at radius 3 is 2.79 bits per heavy atom. The van der Waals surface area contributed by atoms with Gasteiger partial charge in [0.15, 0.2) is 0 Å². The molecule has 0 atom stereocenters. The Kier molecular flexibility index (Phi) is 3.24. The lowest BCUT2D eigenvalue weighted by Crippen LogP contribution is -2.03. The Morgan fingerprint density at radius 1 is 1.11 bits per heavy atom. The minimum Gasteiger partial charge on any atom is -0.240 e. The summed E-state index contributed by atoms with van der Waals surface area (Å²) in [6.07, 6.45) is 6.93. The number of benzene rings is 1. The Labute approximate surface area is 113 Å². The molecule has 1 aromatic heterocycles. The van der Waals surface area contributed by atoms with E-state index < -0.39 is 0 Å². The van der Waals surface area contributed by atoms with Crippen molar-refractivity contribution in [2.75, 3.05) is 0 Å². The molecule has 0 spiro atoms. The highest BCUT2D eigenvalue weighted by Gasteiger charge is 2.11. The molecule has 0 unspecified atom stereocenters. The maximum absolute atomic E-state index is 8.71. The highest BCUT2D eigenvalue weighted by Crippen LogP contribution is 2.26. The van der Waals surface area contributed by atoms with E-state index in [2.05, 4.69) is 34.2 Å². The van der Waals surface area contributed by atoms with Gasteiger partial charge in [0.1, 0.15) is 5.82 Å². The molecule has 1 aromatic carbocycles. The van der Waals surface area contributed by atoms with Gasteiger partial charge in [0.25, 0.3) is 0 Å². The molecule has 0 saturated carbocycles. The molecule has 1 heterocycles. The van der Waals surface area contributed by atoms with Crippen LogP contribution >= 0.6 is 0 Å².